The van der Waals surface area contributed by atoms with Gasteiger partial charge in [-0.15, -0.1) is 0 Å². The fourth-order valence-corrected chi connectivity index (χ4v) is 1.27. The Balaban J connectivity index is 3.16. The molecule has 0 unspecified atom stereocenters. The van der Waals surface area contributed by atoms with Crippen molar-refractivity contribution < 1.29 is 10.0 Å². The smallest absolute Gasteiger partial charge is 0.312 e. The van der Waals surface area contributed by atoms with Crippen LogP contribution in [0.5, 0.6) is 0 Å². The number of aromatic nitrogens is 1. The Morgan fingerprint density at radius 1 is 1.44 bits per heavy atom. The number of hydrogen-bond donors (Lipinski definition) is 2. The maximum Gasteiger partial charge on any atom is 0.312 e. The topological polar surface area (TPSA) is 88.3 Å². The highest BCUT2D eigenvalue weighted by molar-refractivity contribution is 6.30. The molecular weight excluding hydrogens is 258 g/mol. The highest BCUT2D eigenvalue weighted by atomic mass is 35.5. The number of hydrogen-bond acceptors (Lipinski definition) is 5. The van der Waals surface area contributed by atoms with Crippen LogP contribution in [0.2, 0.25) is 5.02 Å². The molecule has 2 N–H and O–H groups in total. The molecule has 100 valence electrons. The van der Waals surface area contributed by atoms with Crippen molar-refractivity contribution in [1.29, 1.82) is 0 Å². The van der Waals surface area contributed by atoms with Gasteiger partial charge in [0.25, 0.3) is 0 Å². The quantitative estimate of drug-likeness (QED) is 0.650. The second-order valence-electron chi connectivity index (χ2n) is 5.09. The summed E-state index contributed by atoms with van der Waals surface area (Å²) in [4.78, 5) is 14.2. The highest BCUT2D eigenvalue weighted by Gasteiger charge is 2.36. The minimum Gasteiger partial charge on any atom is -0.388 e. The highest BCUT2D eigenvalue weighted by Crippen LogP contribution is 2.31. The van der Waals surface area contributed by atoms with E-state index in [1.165, 1.54) is 12.3 Å². The summed E-state index contributed by atoms with van der Waals surface area (Å²) in [6.07, 6.45) is 1.32. The third-order valence-electron chi connectivity index (χ3n) is 2.99. The molecule has 0 aliphatic heterocycles. The third-order valence-corrected chi connectivity index (χ3v) is 3.20. The lowest BCUT2D eigenvalue weighted by molar-refractivity contribution is -0.384. The molecule has 0 aliphatic carbocycles. The van der Waals surface area contributed by atoms with Gasteiger partial charge in [-0.2, -0.15) is 0 Å². The van der Waals surface area contributed by atoms with E-state index in [-0.39, 0.29) is 16.5 Å². The van der Waals surface area contributed by atoms with Crippen LogP contribution in [0, 0.1) is 10.1 Å². The summed E-state index contributed by atoms with van der Waals surface area (Å²) in [5.74, 6) is 0.0801. The number of pyridine rings is 1. The molecule has 6 nitrogen and oxygen atoms in total. The second-order valence-corrected chi connectivity index (χ2v) is 5.52. The van der Waals surface area contributed by atoms with Gasteiger partial charge in [0.2, 0.25) is 5.82 Å². The molecule has 0 spiro atoms. The predicted octanol–water partition coefficient (Wildman–Crippen LogP) is 2.60. The van der Waals surface area contributed by atoms with Crippen molar-refractivity contribution in [3.8, 4) is 0 Å². The van der Waals surface area contributed by atoms with Gasteiger partial charge in [-0.3, -0.25) is 10.1 Å². The van der Waals surface area contributed by atoms with Crippen molar-refractivity contribution >= 4 is 23.1 Å². The lowest BCUT2D eigenvalue weighted by Crippen LogP contribution is -2.51. The molecule has 0 saturated carbocycles. The molecule has 0 bridgehead atoms. The van der Waals surface area contributed by atoms with E-state index in [1.54, 1.807) is 27.7 Å². The Morgan fingerprint density at radius 3 is 2.44 bits per heavy atom. The molecule has 1 aromatic rings. The summed E-state index contributed by atoms with van der Waals surface area (Å²) in [7, 11) is 0. The van der Waals surface area contributed by atoms with Gasteiger partial charge in [0.1, 0.15) is 0 Å². The summed E-state index contributed by atoms with van der Waals surface area (Å²) < 4.78 is 0. The van der Waals surface area contributed by atoms with E-state index in [0.29, 0.717) is 0 Å². The molecule has 0 amide bonds. The maximum absolute atomic E-state index is 10.9. The summed E-state index contributed by atoms with van der Waals surface area (Å²) in [6.45, 7) is 6.68. The van der Waals surface area contributed by atoms with Gasteiger partial charge in [-0.05, 0) is 27.7 Å². The molecule has 0 aromatic carbocycles. The Hall–Kier alpha value is -1.40. The molecule has 18 heavy (non-hydrogen) atoms. The van der Waals surface area contributed by atoms with Crippen molar-refractivity contribution in [2.45, 2.75) is 38.8 Å². The second kappa shape index (κ2) is 4.70. The first-order valence-electron chi connectivity index (χ1n) is 5.35. The van der Waals surface area contributed by atoms with Gasteiger partial charge in [-0.25, -0.2) is 4.98 Å². The van der Waals surface area contributed by atoms with Crippen LogP contribution in [0.3, 0.4) is 0 Å². The van der Waals surface area contributed by atoms with Gasteiger partial charge in [0.05, 0.1) is 21.1 Å². The zero-order valence-electron chi connectivity index (χ0n) is 10.7. The molecular formula is C11H16ClN3O3. The van der Waals surface area contributed by atoms with Gasteiger partial charge in [0, 0.05) is 12.3 Å². The fraction of sp³-hybridized carbons (Fsp3) is 0.545. The number of anilines is 1. The number of aliphatic hydroxyl groups is 1. The summed E-state index contributed by atoms with van der Waals surface area (Å²) in [6, 6.07) is 1.22. The van der Waals surface area contributed by atoms with Gasteiger partial charge in [0.15, 0.2) is 0 Å². The van der Waals surface area contributed by atoms with Crippen LogP contribution in [0.15, 0.2) is 12.3 Å². The number of nitrogens with one attached hydrogen (secondary N) is 1. The number of halogens is 1. The largest absolute Gasteiger partial charge is 0.388 e. The Bertz CT molecular complexity index is 469. The molecule has 1 heterocycles. The summed E-state index contributed by atoms with van der Waals surface area (Å²) in [5.41, 5.74) is -2.10. The first-order chi connectivity index (χ1) is 8.04. The molecule has 7 heteroatoms. The van der Waals surface area contributed by atoms with Gasteiger partial charge >= 0.3 is 5.69 Å². The van der Waals surface area contributed by atoms with E-state index in [4.69, 9.17) is 11.6 Å². The summed E-state index contributed by atoms with van der Waals surface area (Å²) in [5, 5.41) is 24.0. The Labute approximate surface area is 110 Å². The van der Waals surface area contributed by atoms with Crippen LogP contribution >= 0.6 is 11.6 Å². The van der Waals surface area contributed by atoms with Crippen molar-refractivity contribution in [2.24, 2.45) is 0 Å². The Kier molecular flexibility index (Phi) is 3.83. The van der Waals surface area contributed by atoms with Crippen LogP contribution in [0.25, 0.3) is 0 Å². The average Bonchev–Trinajstić information content (AvgIpc) is 2.18. The van der Waals surface area contributed by atoms with E-state index in [1.807, 2.05) is 0 Å². The van der Waals surface area contributed by atoms with Crippen molar-refractivity contribution in [2.75, 3.05) is 5.32 Å². The van der Waals surface area contributed by atoms with Crippen molar-refractivity contribution in [3.05, 3.63) is 27.4 Å². The van der Waals surface area contributed by atoms with Crippen LogP contribution in [-0.4, -0.2) is 26.2 Å². The Morgan fingerprint density at radius 2 is 2.00 bits per heavy atom. The monoisotopic (exact) mass is 273 g/mol. The zero-order chi connectivity index (χ0) is 14.1. The van der Waals surface area contributed by atoms with Crippen molar-refractivity contribution in [3.63, 3.8) is 0 Å². The van der Waals surface area contributed by atoms with E-state index in [9.17, 15) is 15.2 Å². The van der Waals surface area contributed by atoms with E-state index < -0.39 is 16.1 Å². The first-order valence-corrected chi connectivity index (χ1v) is 5.73. The molecule has 0 aliphatic rings. The van der Waals surface area contributed by atoms with E-state index >= 15 is 0 Å². The molecule has 0 saturated heterocycles. The minimum absolute atomic E-state index is 0.0801. The first kappa shape index (κ1) is 14.7. The number of rotatable bonds is 4. The number of nitrogens with zero attached hydrogens (tertiary/aromatic N) is 2. The van der Waals surface area contributed by atoms with Gasteiger partial charge < -0.3 is 10.4 Å². The van der Waals surface area contributed by atoms with E-state index in [0.717, 1.165) is 0 Å². The molecule has 1 rings (SSSR count). The van der Waals surface area contributed by atoms with Gasteiger partial charge in [-0.1, -0.05) is 11.6 Å². The summed E-state index contributed by atoms with van der Waals surface area (Å²) >= 11 is 5.68. The van der Waals surface area contributed by atoms with Crippen LogP contribution in [0.4, 0.5) is 11.5 Å². The molecule has 1 aromatic heterocycles. The molecule has 0 radical (unpaired) electrons. The van der Waals surface area contributed by atoms with E-state index in [2.05, 4.69) is 10.3 Å². The predicted molar refractivity (Wildman–Crippen MR) is 69.9 cm³/mol. The lowest BCUT2D eigenvalue weighted by atomic mass is 9.86. The van der Waals surface area contributed by atoms with Crippen LogP contribution in [0.1, 0.15) is 27.7 Å². The lowest BCUT2D eigenvalue weighted by Gasteiger charge is -2.38. The van der Waals surface area contributed by atoms with Crippen LogP contribution < -0.4 is 5.32 Å². The number of nitro groups is 1. The maximum atomic E-state index is 10.9. The third kappa shape index (κ3) is 3.08. The van der Waals surface area contributed by atoms with Crippen molar-refractivity contribution in [1.82, 2.24) is 4.98 Å². The fourth-order valence-electron chi connectivity index (χ4n) is 1.11. The average molecular weight is 274 g/mol. The zero-order valence-corrected chi connectivity index (χ0v) is 11.4. The molecule has 0 atom stereocenters. The molecule has 0 fully saturated rings. The SMILES string of the molecule is CC(C)(O)C(C)(C)Nc1ncc(Cl)cc1[N+](=O)[O-]. The normalized spacial score (nSPS) is 12.3. The van der Waals surface area contributed by atoms with Crippen LogP contribution in [-0.2, 0) is 0 Å². The standard InChI is InChI=1S/C11H16ClN3O3/c1-10(2,11(3,4)16)14-9-8(15(17)18)5-7(12)6-13-9/h5-6,16H,1-4H3,(H,13,14). The minimum atomic E-state index is -1.08.